The Balaban J connectivity index is 2.09. The molecule has 1 N–H and O–H groups in total. The van der Waals surface area contributed by atoms with Gasteiger partial charge < -0.3 is 5.32 Å². The molecule has 4 nitrogen and oxygen atoms in total. The van der Waals surface area contributed by atoms with Crippen LogP contribution in [0.5, 0.6) is 0 Å². The molecule has 0 bridgehead atoms. The Kier molecular flexibility index (Phi) is 4.97. The van der Waals surface area contributed by atoms with Crippen LogP contribution in [0.25, 0.3) is 0 Å². The van der Waals surface area contributed by atoms with Crippen LogP contribution in [0.1, 0.15) is 58.8 Å². The van der Waals surface area contributed by atoms with E-state index in [2.05, 4.69) is 47.8 Å². The van der Waals surface area contributed by atoms with Gasteiger partial charge in [-0.05, 0) is 38.6 Å². The van der Waals surface area contributed by atoms with Crippen LogP contribution in [0.4, 0.5) is 0 Å². The Bertz CT molecular complexity index is 385. The Morgan fingerprint density at radius 1 is 1.42 bits per heavy atom. The quantitative estimate of drug-likeness (QED) is 0.859. The molecule has 3 unspecified atom stereocenters. The summed E-state index contributed by atoms with van der Waals surface area (Å²) < 4.78 is 2.06. The molecule has 0 amide bonds. The highest BCUT2D eigenvalue weighted by molar-refractivity contribution is 4.95. The lowest BCUT2D eigenvalue weighted by Gasteiger charge is -2.27. The van der Waals surface area contributed by atoms with Crippen molar-refractivity contribution in [3.63, 3.8) is 0 Å². The molecule has 1 fully saturated rings. The van der Waals surface area contributed by atoms with Crippen molar-refractivity contribution in [1.82, 2.24) is 20.1 Å². The smallest absolute Gasteiger partial charge is 0.138 e. The third kappa shape index (κ3) is 3.35. The maximum absolute atomic E-state index is 4.47. The second-order valence-electron chi connectivity index (χ2n) is 6.15. The summed E-state index contributed by atoms with van der Waals surface area (Å²) in [6, 6.07) is 0.935. The monoisotopic (exact) mass is 264 g/mol. The molecule has 1 aliphatic carbocycles. The fourth-order valence-corrected chi connectivity index (χ4v) is 3.46. The maximum Gasteiger partial charge on any atom is 0.138 e. The third-order valence-electron chi connectivity index (χ3n) is 4.45. The first-order chi connectivity index (χ1) is 9.13. The molecule has 4 heteroatoms. The molecule has 0 spiro atoms. The van der Waals surface area contributed by atoms with Crippen molar-refractivity contribution in [3.8, 4) is 0 Å². The van der Waals surface area contributed by atoms with Gasteiger partial charge in [-0.3, -0.25) is 0 Å². The predicted octanol–water partition coefficient (Wildman–Crippen LogP) is 2.82. The van der Waals surface area contributed by atoms with Gasteiger partial charge in [0.15, 0.2) is 0 Å². The molecular weight excluding hydrogens is 236 g/mol. The first kappa shape index (κ1) is 14.5. The van der Waals surface area contributed by atoms with E-state index in [4.69, 9.17) is 0 Å². The van der Waals surface area contributed by atoms with Gasteiger partial charge in [0.05, 0.1) is 0 Å². The van der Waals surface area contributed by atoms with Gasteiger partial charge in [-0.15, -0.1) is 0 Å². The van der Waals surface area contributed by atoms with Crippen molar-refractivity contribution in [2.75, 3.05) is 6.54 Å². The van der Waals surface area contributed by atoms with E-state index >= 15 is 0 Å². The summed E-state index contributed by atoms with van der Waals surface area (Å²) in [6.45, 7) is 9.95. The minimum absolute atomic E-state index is 0.390. The lowest BCUT2D eigenvalue weighted by Crippen LogP contribution is -2.40. The Hall–Kier alpha value is -0.900. The summed E-state index contributed by atoms with van der Waals surface area (Å²) in [5, 5.41) is 8.03. The SMILES string of the molecule is CCNC(Cc1ncnn1C(C)C)C1CCCC1C. The zero-order valence-corrected chi connectivity index (χ0v) is 12.8. The molecule has 2 rings (SSSR count). The van der Waals surface area contributed by atoms with E-state index in [0.717, 1.165) is 30.6 Å². The topological polar surface area (TPSA) is 42.7 Å². The minimum Gasteiger partial charge on any atom is -0.314 e. The van der Waals surface area contributed by atoms with E-state index in [1.54, 1.807) is 6.33 Å². The molecule has 1 aliphatic rings. The molecule has 1 heterocycles. The Morgan fingerprint density at radius 2 is 2.21 bits per heavy atom. The van der Waals surface area contributed by atoms with E-state index in [9.17, 15) is 0 Å². The summed E-state index contributed by atoms with van der Waals surface area (Å²) in [5.74, 6) is 2.75. The van der Waals surface area contributed by atoms with E-state index in [1.165, 1.54) is 19.3 Å². The number of nitrogens with zero attached hydrogens (tertiary/aromatic N) is 3. The van der Waals surface area contributed by atoms with Crippen molar-refractivity contribution < 1.29 is 0 Å². The lowest BCUT2D eigenvalue weighted by atomic mass is 9.88. The highest BCUT2D eigenvalue weighted by Crippen LogP contribution is 2.34. The van der Waals surface area contributed by atoms with Gasteiger partial charge in [0, 0.05) is 18.5 Å². The highest BCUT2D eigenvalue weighted by atomic mass is 15.3. The van der Waals surface area contributed by atoms with Crippen LogP contribution in [0.2, 0.25) is 0 Å². The van der Waals surface area contributed by atoms with E-state index in [0.29, 0.717) is 12.1 Å². The lowest BCUT2D eigenvalue weighted by molar-refractivity contribution is 0.291. The summed E-state index contributed by atoms with van der Waals surface area (Å²) in [6.07, 6.45) is 6.81. The fraction of sp³-hybridized carbons (Fsp3) is 0.867. The molecule has 108 valence electrons. The molecule has 1 saturated carbocycles. The van der Waals surface area contributed by atoms with Gasteiger partial charge in [-0.25, -0.2) is 9.67 Å². The minimum atomic E-state index is 0.390. The fourth-order valence-electron chi connectivity index (χ4n) is 3.46. The zero-order chi connectivity index (χ0) is 13.8. The standard InChI is InChI=1S/C15H28N4/c1-5-16-14(13-8-6-7-12(13)4)9-15-17-10-18-19(15)11(2)3/h10-14,16H,5-9H2,1-4H3. The highest BCUT2D eigenvalue weighted by Gasteiger charge is 2.31. The normalized spacial score (nSPS) is 25.1. The van der Waals surface area contributed by atoms with Gasteiger partial charge >= 0.3 is 0 Å². The molecule has 0 radical (unpaired) electrons. The third-order valence-corrected chi connectivity index (χ3v) is 4.45. The number of nitrogens with one attached hydrogen (secondary N) is 1. The zero-order valence-electron chi connectivity index (χ0n) is 12.8. The predicted molar refractivity (Wildman–Crippen MR) is 78.1 cm³/mol. The van der Waals surface area contributed by atoms with Gasteiger partial charge in [0.2, 0.25) is 0 Å². The number of hydrogen-bond acceptors (Lipinski definition) is 3. The van der Waals surface area contributed by atoms with Crippen molar-refractivity contribution in [2.24, 2.45) is 11.8 Å². The van der Waals surface area contributed by atoms with Gasteiger partial charge in [0.1, 0.15) is 12.2 Å². The molecule has 0 saturated heterocycles. The second kappa shape index (κ2) is 6.51. The number of rotatable bonds is 6. The maximum atomic E-state index is 4.47. The van der Waals surface area contributed by atoms with Crippen LogP contribution in [-0.4, -0.2) is 27.4 Å². The largest absolute Gasteiger partial charge is 0.314 e. The Labute approximate surface area is 117 Å². The van der Waals surface area contributed by atoms with E-state index in [-0.39, 0.29) is 0 Å². The molecule has 3 atom stereocenters. The van der Waals surface area contributed by atoms with Crippen LogP contribution < -0.4 is 5.32 Å². The molecule has 19 heavy (non-hydrogen) atoms. The Morgan fingerprint density at radius 3 is 2.79 bits per heavy atom. The van der Waals surface area contributed by atoms with Gasteiger partial charge in [-0.2, -0.15) is 5.10 Å². The van der Waals surface area contributed by atoms with Crippen LogP contribution in [-0.2, 0) is 6.42 Å². The van der Waals surface area contributed by atoms with E-state index < -0.39 is 0 Å². The van der Waals surface area contributed by atoms with E-state index in [1.807, 2.05) is 0 Å². The van der Waals surface area contributed by atoms with Crippen LogP contribution in [0.15, 0.2) is 6.33 Å². The molecular formula is C15H28N4. The number of likely N-dealkylation sites (N-methyl/N-ethyl adjacent to an activating group) is 1. The van der Waals surface area contributed by atoms with Crippen molar-refractivity contribution in [1.29, 1.82) is 0 Å². The molecule has 0 aliphatic heterocycles. The van der Waals surface area contributed by atoms with Crippen molar-refractivity contribution in [3.05, 3.63) is 12.2 Å². The van der Waals surface area contributed by atoms with Crippen molar-refractivity contribution >= 4 is 0 Å². The summed E-state index contributed by atoms with van der Waals surface area (Å²) in [7, 11) is 0. The van der Waals surface area contributed by atoms with Crippen molar-refractivity contribution in [2.45, 2.75) is 65.5 Å². The molecule has 0 aromatic carbocycles. The van der Waals surface area contributed by atoms with Crippen LogP contribution >= 0.6 is 0 Å². The summed E-state index contributed by atoms with van der Waals surface area (Å²) >= 11 is 0. The number of hydrogen-bond donors (Lipinski definition) is 1. The second-order valence-corrected chi connectivity index (χ2v) is 6.15. The molecule has 1 aromatic rings. The van der Waals surface area contributed by atoms with Crippen LogP contribution in [0.3, 0.4) is 0 Å². The average molecular weight is 264 g/mol. The average Bonchev–Trinajstić information content (AvgIpc) is 2.97. The van der Waals surface area contributed by atoms with Crippen LogP contribution in [0, 0.1) is 11.8 Å². The van der Waals surface area contributed by atoms with Gasteiger partial charge in [-0.1, -0.05) is 26.7 Å². The number of aromatic nitrogens is 3. The summed E-state index contributed by atoms with van der Waals surface area (Å²) in [4.78, 5) is 4.47. The first-order valence-electron chi connectivity index (χ1n) is 7.75. The molecule has 1 aromatic heterocycles. The van der Waals surface area contributed by atoms with Gasteiger partial charge in [0.25, 0.3) is 0 Å². The first-order valence-corrected chi connectivity index (χ1v) is 7.75. The summed E-state index contributed by atoms with van der Waals surface area (Å²) in [5.41, 5.74) is 0.